The maximum Gasteiger partial charge on any atom is 0.255 e. The number of hydrogen-bond donors (Lipinski definition) is 2. The summed E-state index contributed by atoms with van der Waals surface area (Å²) in [6.07, 6.45) is 2.03. The van der Waals surface area contributed by atoms with Gasteiger partial charge in [0.15, 0.2) is 11.5 Å². The summed E-state index contributed by atoms with van der Waals surface area (Å²) in [5.74, 6) is 0.482. The fraction of sp³-hybridized carbons (Fsp3) is 0.200. The van der Waals surface area contributed by atoms with E-state index in [4.69, 9.17) is 21.1 Å². The van der Waals surface area contributed by atoms with E-state index in [9.17, 15) is 9.59 Å². The van der Waals surface area contributed by atoms with Crippen LogP contribution in [-0.2, 0) is 6.61 Å². The van der Waals surface area contributed by atoms with Gasteiger partial charge in [0.25, 0.3) is 11.8 Å². The first-order valence-electron chi connectivity index (χ1n) is 10.3. The summed E-state index contributed by atoms with van der Waals surface area (Å²) in [5.41, 5.74) is 2.30. The molecule has 2 N–H and O–H groups in total. The van der Waals surface area contributed by atoms with E-state index in [1.54, 1.807) is 48.5 Å². The molecule has 0 atom stereocenters. The van der Waals surface area contributed by atoms with Crippen LogP contribution in [0.3, 0.4) is 0 Å². The first-order chi connectivity index (χ1) is 15.5. The van der Waals surface area contributed by atoms with Gasteiger partial charge in [-0.15, -0.1) is 0 Å². The van der Waals surface area contributed by atoms with Crippen molar-refractivity contribution >= 4 is 29.1 Å². The number of methoxy groups -OCH3 is 1. The Bertz CT molecular complexity index is 1140. The quantitative estimate of drug-likeness (QED) is 0.502. The van der Waals surface area contributed by atoms with E-state index in [0.29, 0.717) is 33.3 Å². The third-order valence-corrected chi connectivity index (χ3v) is 5.43. The molecule has 1 saturated carbocycles. The molecule has 0 spiro atoms. The van der Waals surface area contributed by atoms with Crippen LogP contribution in [0.25, 0.3) is 0 Å². The van der Waals surface area contributed by atoms with Gasteiger partial charge in [-0.05, 0) is 55.3 Å². The molecule has 7 heteroatoms. The fourth-order valence-corrected chi connectivity index (χ4v) is 3.33. The second kappa shape index (κ2) is 9.75. The molecule has 0 heterocycles. The Morgan fingerprint density at radius 3 is 2.47 bits per heavy atom. The summed E-state index contributed by atoms with van der Waals surface area (Å²) in [4.78, 5) is 25.0. The molecule has 3 aromatic rings. The molecule has 1 aliphatic carbocycles. The lowest BCUT2D eigenvalue weighted by molar-refractivity contribution is 0.0949. The second-order valence-electron chi connectivity index (χ2n) is 7.53. The standard InChI is InChI=1S/C25H23ClN2O4/c1-31-23-14-17(9-12-22(23)32-15-18-5-2-3-8-21(18)26)25(30)28-20-7-4-6-16(13-20)24(29)27-19-10-11-19/h2-9,12-14,19H,10-11,15H2,1H3,(H,27,29)(H,28,30). The van der Waals surface area contributed by atoms with E-state index in [2.05, 4.69) is 10.6 Å². The van der Waals surface area contributed by atoms with Gasteiger partial charge < -0.3 is 20.1 Å². The second-order valence-corrected chi connectivity index (χ2v) is 7.94. The maximum atomic E-state index is 12.8. The van der Waals surface area contributed by atoms with Crippen molar-refractivity contribution in [3.8, 4) is 11.5 Å². The summed E-state index contributed by atoms with van der Waals surface area (Å²) in [7, 11) is 1.52. The number of halogens is 1. The summed E-state index contributed by atoms with van der Waals surface area (Å²) >= 11 is 6.18. The number of rotatable bonds is 8. The number of hydrogen-bond acceptors (Lipinski definition) is 4. The van der Waals surface area contributed by atoms with Gasteiger partial charge in [-0.25, -0.2) is 0 Å². The SMILES string of the molecule is COc1cc(C(=O)Nc2cccc(C(=O)NC3CC3)c2)ccc1OCc1ccccc1Cl. The highest BCUT2D eigenvalue weighted by Gasteiger charge is 2.24. The highest BCUT2D eigenvalue weighted by atomic mass is 35.5. The molecule has 2 amide bonds. The topological polar surface area (TPSA) is 76.7 Å². The number of benzene rings is 3. The molecule has 32 heavy (non-hydrogen) atoms. The van der Waals surface area contributed by atoms with Crippen LogP contribution in [-0.4, -0.2) is 25.0 Å². The molecule has 0 saturated heterocycles. The Hall–Kier alpha value is -3.51. The van der Waals surface area contributed by atoms with Crippen LogP contribution in [0.2, 0.25) is 5.02 Å². The van der Waals surface area contributed by atoms with Crippen LogP contribution >= 0.6 is 11.6 Å². The van der Waals surface area contributed by atoms with Gasteiger partial charge in [0, 0.05) is 33.4 Å². The van der Waals surface area contributed by atoms with Crippen molar-refractivity contribution < 1.29 is 19.1 Å². The van der Waals surface area contributed by atoms with Crippen molar-refractivity contribution in [3.63, 3.8) is 0 Å². The summed E-state index contributed by atoms with van der Waals surface area (Å²) < 4.78 is 11.2. The summed E-state index contributed by atoms with van der Waals surface area (Å²) in [6, 6.07) is 19.5. The molecule has 1 aliphatic rings. The molecule has 1 fully saturated rings. The minimum absolute atomic E-state index is 0.134. The first kappa shape index (κ1) is 21.7. The van der Waals surface area contributed by atoms with Crippen LogP contribution in [0.15, 0.2) is 66.7 Å². The Balaban J connectivity index is 1.43. The van der Waals surface area contributed by atoms with E-state index in [-0.39, 0.29) is 24.5 Å². The number of amides is 2. The van der Waals surface area contributed by atoms with Gasteiger partial charge in [0.05, 0.1) is 7.11 Å². The molecule has 0 aliphatic heterocycles. The van der Waals surface area contributed by atoms with Gasteiger partial charge >= 0.3 is 0 Å². The maximum absolute atomic E-state index is 12.8. The highest BCUT2D eigenvalue weighted by molar-refractivity contribution is 6.31. The minimum atomic E-state index is -0.319. The molecule has 0 bridgehead atoms. The highest BCUT2D eigenvalue weighted by Crippen LogP contribution is 2.30. The lowest BCUT2D eigenvalue weighted by atomic mass is 10.1. The van der Waals surface area contributed by atoms with Crippen molar-refractivity contribution in [2.75, 3.05) is 12.4 Å². The Kier molecular flexibility index (Phi) is 6.61. The largest absolute Gasteiger partial charge is 0.493 e. The van der Waals surface area contributed by atoms with E-state index in [1.165, 1.54) is 7.11 Å². The smallest absolute Gasteiger partial charge is 0.255 e. The zero-order valence-electron chi connectivity index (χ0n) is 17.6. The zero-order chi connectivity index (χ0) is 22.5. The van der Waals surface area contributed by atoms with Crippen LogP contribution in [0.5, 0.6) is 11.5 Å². The molecule has 4 rings (SSSR count). The van der Waals surface area contributed by atoms with Crippen molar-refractivity contribution in [1.82, 2.24) is 5.32 Å². The van der Waals surface area contributed by atoms with Crippen molar-refractivity contribution in [1.29, 1.82) is 0 Å². The van der Waals surface area contributed by atoms with Crippen molar-refractivity contribution in [2.24, 2.45) is 0 Å². The number of anilines is 1. The predicted molar refractivity (Wildman–Crippen MR) is 124 cm³/mol. The number of carbonyl (C=O) groups is 2. The summed E-state index contributed by atoms with van der Waals surface area (Å²) in [5, 5.41) is 6.39. The van der Waals surface area contributed by atoms with E-state index in [0.717, 1.165) is 18.4 Å². The lowest BCUT2D eigenvalue weighted by Gasteiger charge is -2.13. The van der Waals surface area contributed by atoms with Gasteiger partial charge in [-0.2, -0.15) is 0 Å². The molecule has 3 aromatic carbocycles. The average molecular weight is 451 g/mol. The fourth-order valence-electron chi connectivity index (χ4n) is 3.14. The lowest BCUT2D eigenvalue weighted by Crippen LogP contribution is -2.25. The van der Waals surface area contributed by atoms with Crippen molar-refractivity contribution in [3.05, 3.63) is 88.4 Å². The van der Waals surface area contributed by atoms with Gasteiger partial charge in [0.1, 0.15) is 6.61 Å². The van der Waals surface area contributed by atoms with Crippen LogP contribution in [0, 0.1) is 0 Å². The van der Waals surface area contributed by atoms with Gasteiger partial charge in [0.2, 0.25) is 0 Å². The summed E-state index contributed by atoms with van der Waals surface area (Å²) in [6.45, 7) is 0.275. The Morgan fingerprint density at radius 2 is 1.72 bits per heavy atom. The third-order valence-electron chi connectivity index (χ3n) is 5.06. The molecule has 164 valence electrons. The molecular formula is C25H23ClN2O4. The van der Waals surface area contributed by atoms with Gasteiger partial charge in [-0.1, -0.05) is 35.9 Å². The first-order valence-corrected chi connectivity index (χ1v) is 10.7. The normalized spacial score (nSPS) is 12.7. The number of nitrogens with one attached hydrogen (secondary N) is 2. The van der Waals surface area contributed by atoms with E-state index >= 15 is 0 Å². The Labute approximate surface area is 191 Å². The van der Waals surface area contributed by atoms with Crippen LogP contribution in [0.4, 0.5) is 5.69 Å². The van der Waals surface area contributed by atoms with Crippen LogP contribution < -0.4 is 20.1 Å². The Morgan fingerprint density at radius 1 is 0.938 bits per heavy atom. The van der Waals surface area contributed by atoms with Crippen molar-refractivity contribution in [2.45, 2.75) is 25.5 Å². The monoisotopic (exact) mass is 450 g/mol. The molecular weight excluding hydrogens is 428 g/mol. The van der Waals surface area contributed by atoms with E-state index < -0.39 is 0 Å². The number of ether oxygens (including phenoxy) is 2. The average Bonchev–Trinajstić information content (AvgIpc) is 3.62. The third kappa shape index (κ3) is 5.39. The number of carbonyl (C=O) groups excluding carboxylic acids is 2. The molecule has 0 aromatic heterocycles. The minimum Gasteiger partial charge on any atom is -0.493 e. The molecule has 0 unspecified atom stereocenters. The van der Waals surface area contributed by atoms with E-state index in [1.807, 2.05) is 18.2 Å². The molecule has 6 nitrogen and oxygen atoms in total. The van der Waals surface area contributed by atoms with Gasteiger partial charge in [-0.3, -0.25) is 9.59 Å². The zero-order valence-corrected chi connectivity index (χ0v) is 18.3. The molecule has 0 radical (unpaired) electrons. The van der Waals surface area contributed by atoms with Crippen LogP contribution in [0.1, 0.15) is 39.1 Å². The predicted octanol–water partition coefficient (Wildman–Crippen LogP) is 5.07.